The highest BCUT2D eigenvalue weighted by molar-refractivity contribution is 5.98. The molecule has 1 aliphatic rings. The summed E-state index contributed by atoms with van der Waals surface area (Å²) in [5.41, 5.74) is 1.81. The van der Waals surface area contributed by atoms with Gasteiger partial charge in [-0.2, -0.15) is 0 Å². The summed E-state index contributed by atoms with van der Waals surface area (Å²) in [6.45, 7) is 5.22. The van der Waals surface area contributed by atoms with E-state index in [0.29, 0.717) is 12.0 Å². The zero-order valence-electron chi connectivity index (χ0n) is 10.8. The van der Waals surface area contributed by atoms with Crippen LogP contribution in [0.1, 0.15) is 30.6 Å². The number of H-pyrrole nitrogens is 1. The molecule has 1 aliphatic heterocycles. The summed E-state index contributed by atoms with van der Waals surface area (Å²) < 4.78 is 0. The van der Waals surface area contributed by atoms with Gasteiger partial charge in [-0.05, 0) is 42.8 Å². The number of fused-ring (bicyclic) bond motifs is 1. The monoisotopic (exact) mass is 242 g/mol. The third kappa shape index (κ3) is 1.80. The minimum atomic E-state index is 0.156. The molecule has 2 heterocycles. The van der Waals surface area contributed by atoms with Gasteiger partial charge in [0.15, 0.2) is 0 Å². The Kier molecular flexibility index (Phi) is 2.62. The van der Waals surface area contributed by atoms with E-state index in [1.54, 1.807) is 0 Å². The van der Waals surface area contributed by atoms with Gasteiger partial charge < -0.3 is 9.88 Å². The van der Waals surface area contributed by atoms with Gasteiger partial charge in [0.05, 0.1) is 0 Å². The van der Waals surface area contributed by atoms with Crippen molar-refractivity contribution in [1.29, 1.82) is 0 Å². The molecule has 3 heteroatoms. The molecule has 0 saturated carbocycles. The van der Waals surface area contributed by atoms with Crippen LogP contribution in [-0.4, -0.2) is 28.4 Å². The Balaban J connectivity index is 1.91. The second kappa shape index (κ2) is 4.16. The zero-order valence-corrected chi connectivity index (χ0v) is 10.8. The number of likely N-dealkylation sites (tertiary alicyclic amines) is 1. The molecule has 3 rings (SSSR count). The topological polar surface area (TPSA) is 36.1 Å². The molecule has 0 bridgehead atoms. The molecule has 1 amide bonds. The van der Waals surface area contributed by atoms with Crippen LogP contribution in [-0.2, 0) is 0 Å². The Labute approximate surface area is 107 Å². The highest BCUT2D eigenvalue weighted by Crippen LogP contribution is 2.25. The van der Waals surface area contributed by atoms with E-state index in [9.17, 15) is 4.79 Å². The fourth-order valence-electron chi connectivity index (χ4n) is 2.93. The van der Waals surface area contributed by atoms with Gasteiger partial charge in [-0.25, -0.2) is 0 Å². The lowest BCUT2D eigenvalue weighted by molar-refractivity contribution is 0.0744. The molecule has 1 N–H and O–H groups in total. The average Bonchev–Trinajstić information content (AvgIpc) is 2.93. The number of carbonyl (C=O) groups is 1. The summed E-state index contributed by atoms with van der Waals surface area (Å²) in [4.78, 5) is 17.6. The van der Waals surface area contributed by atoms with Crippen LogP contribution >= 0.6 is 0 Å². The Morgan fingerprint density at radius 3 is 2.89 bits per heavy atom. The summed E-state index contributed by atoms with van der Waals surface area (Å²) in [7, 11) is 0. The van der Waals surface area contributed by atoms with E-state index >= 15 is 0 Å². The van der Waals surface area contributed by atoms with Gasteiger partial charge in [-0.1, -0.05) is 13.0 Å². The molecule has 18 heavy (non-hydrogen) atoms. The van der Waals surface area contributed by atoms with E-state index in [0.717, 1.165) is 29.4 Å². The van der Waals surface area contributed by atoms with Gasteiger partial charge in [0, 0.05) is 29.9 Å². The highest BCUT2D eigenvalue weighted by atomic mass is 16.2. The van der Waals surface area contributed by atoms with Crippen LogP contribution in [0.15, 0.2) is 30.5 Å². The van der Waals surface area contributed by atoms with Crippen molar-refractivity contribution in [2.45, 2.75) is 26.3 Å². The summed E-state index contributed by atoms with van der Waals surface area (Å²) in [6, 6.07) is 8.25. The molecule has 0 radical (unpaired) electrons. The molecule has 3 nitrogen and oxygen atoms in total. The smallest absolute Gasteiger partial charge is 0.254 e. The Morgan fingerprint density at radius 1 is 1.33 bits per heavy atom. The molecule has 1 fully saturated rings. The van der Waals surface area contributed by atoms with Crippen LogP contribution in [0.5, 0.6) is 0 Å². The molecule has 1 aromatic heterocycles. The predicted molar refractivity (Wildman–Crippen MR) is 72.6 cm³/mol. The van der Waals surface area contributed by atoms with Crippen LogP contribution in [0.25, 0.3) is 10.9 Å². The fourth-order valence-corrected chi connectivity index (χ4v) is 2.93. The first-order valence-corrected chi connectivity index (χ1v) is 6.53. The molecule has 0 aliphatic carbocycles. The minimum Gasteiger partial charge on any atom is -0.361 e. The summed E-state index contributed by atoms with van der Waals surface area (Å²) >= 11 is 0. The van der Waals surface area contributed by atoms with Crippen LogP contribution in [0.2, 0.25) is 0 Å². The molecule has 1 saturated heterocycles. The first-order chi connectivity index (χ1) is 8.65. The van der Waals surface area contributed by atoms with Gasteiger partial charge in [0.25, 0.3) is 5.91 Å². The maximum absolute atomic E-state index is 12.5. The average molecular weight is 242 g/mol. The quantitative estimate of drug-likeness (QED) is 0.819. The third-order valence-electron chi connectivity index (χ3n) is 3.85. The fraction of sp³-hybridized carbons (Fsp3) is 0.400. The maximum atomic E-state index is 12.5. The second-order valence-electron chi connectivity index (χ2n) is 5.43. The standard InChI is InChI=1S/C15H18N2O/c1-10-7-11(2)17(9-10)15(18)13-4-3-12-5-6-16-14(12)8-13/h3-6,8,10-11,16H,7,9H2,1-2H3. The van der Waals surface area contributed by atoms with Crippen LogP contribution in [0.3, 0.4) is 0 Å². The van der Waals surface area contributed by atoms with Crippen molar-refractivity contribution in [3.8, 4) is 0 Å². The number of aromatic nitrogens is 1. The van der Waals surface area contributed by atoms with Gasteiger partial charge in [-0.15, -0.1) is 0 Å². The zero-order chi connectivity index (χ0) is 12.7. The van der Waals surface area contributed by atoms with Gasteiger partial charge in [-0.3, -0.25) is 4.79 Å². The Hall–Kier alpha value is -1.77. The largest absolute Gasteiger partial charge is 0.361 e. The summed E-state index contributed by atoms with van der Waals surface area (Å²) in [6.07, 6.45) is 3.01. The number of rotatable bonds is 1. The molecular formula is C15H18N2O. The SMILES string of the molecule is CC1CC(C)N(C(=O)c2ccc3cc[nH]c3c2)C1. The van der Waals surface area contributed by atoms with E-state index in [4.69, 9.17) is 0 Å². The third-order valence-corrected chi connectivity index (χ3v) is 3.85. The Morgan fingerprint density at radius 2 is 2.17 bits per heavy atom. The molecule has 2 aromatic rings. The van der Waals surface area contributed by atoms with Crippen molar-refractivity contribution >= 4 is 16.8 Å². The van der Waals surface area contributed by atoms with Crippen molar-refractivity contribution in [3.63, 3.8) is 0 Å². The molecule has 0 spiro atoms. The van der Waals surface area contributed by atoms with Crippen LogP contribution < -0.4 is 0 Å². The van der Waals surface area contributed by atoms with Crippen LogP contribution in [0.4, 0.5) is 0 Å². The number of hydrogen-bond acceptors (Lipinski definition) is 1. The lowest BCUT2D eigenvalue weighted by atomic mass is 10.1. The van der Waals surface area contributed by atoms with Crippen molar-refractivity contribution < 1.29 is 4.79 Å². The number of carbonyl (C=O) groups excluding carboxylic acids is 1. The first-order valence-electron chi connectivity index (χ1n) is 6.53. The van der Waals surface area contributed by atoms with E-state index in [2.05, 4.69) is 18.8 Å². The number of hydrogen-bond donors (Lipinski definition) is 1. The molecular weight excluding hydrogens is 224 g/mol. The van der Waals surface area contributed by atoms with E-state index in [-0.39, 0.29) is 5.91 Å². The van der Waals surface area contributed by atoms with Crippen molar-refractivity contribution in [2.24, 2.45) is 5.92 Å². The number of amides is 1. The summed E-state index contributed by atoms with van der Waals surface area (Å²) in [5, 5.41) is 1.15. The number of aromatic amines is 1. The summed E-state index contributed by atoms with van der Waals surface area (Å²) in [5.74, 6) is 0.765. The lowest BCUT2D eigenvalue weighted by Gasteiger charge is -2.21. The van der Waals surface area contributed by atoms with E-state index < -0.39 is 0 Å². The highest BCUT2D eigenvalue weighted by Gasteiger charge is 2.30. The number of benzene rings is 1. The van der Waals surface area contributed by atoms with Gasteiger partial charge >= 0.3 is 0 Å². The van der Waals surface area contributed by atoms with Crippen molar-refractivity contribution in [1.82, 2.24) is 9.88 Å². The maximum Gasteiger partial charge on any atom is 0.254 e. The second-order valence-corrected chi connectivity index (χ2v) is 5.43. The van der Waals surface area contributed by atoms with Gasteiger partial charge in [0.1, 0.15) is 0 Å². The number of nitrogens with zero attached hydrogens (tertiary/aromatic N) is 1. The van der Waals surface area contributed by atoms with Crippen molar-refractivity contribution in [2.75, 3.05) is 6.54 Å². The molecule has 2 unspecified atom stereocenters. The van der Waals surface area contributed by atoms with E-state index in [1.807, 2.05) is 35.4 Å². The van der Waals surface area contributed by atoms with E-state index in [1.165, 1.54) is 0 Å². The predicted octanol–water partition coefficient (Wildman–Crippen LogP) is 3.04. The normalized spacial score (nSPS) is 23.8. The minimum absolute atomic E-state index is 0.156. The lowest BCUT2D eigenvalue weighted by Crippen LogP contribution is -2.33. The van der Waals surface area contributed by atoms with Crippen molar-refractivity contribution in [3.05, 3.63) is 36.0 Å². The molecule has 94 valence electrons. The molecule has 2 atom stereocenters. The Bertz CT molecular complexity index is 587. The van der Waals surface area contributed by atoms with Gasteiger partial charge in [0.2, 0.25) is 0 Å². The number of nitrogens with one attached hydrogen (secondary N) is 1. The molecule has 1 aromatic carbocycles. The first kappa shape index (κ1) is 11.3. The van der Waals surface area contributed by atoms with Crippen LogP contribution in [0, 0.1) is 5.92 Å².